The van der Waals surface area contributed by atoms with Gasteiger partial charge in [-0.15, -0.1) is 0 Å². The fraction of sp³-hybridized carbons (Fsp3) is 0.261. The molecule has 1 aliphatic heterocycles. The number of pyridine rings is 1. The molecule has 0 fully saturated rings. The highest BCUT2D eigenvalue weighted by atomic mass is 16.5. The van der Waals surface area contributed by atoms with E-state index in [0.29, 0.717) is 13.1 Å². The zero-order valence-corrected chi connectivity index (χ0v) is 16.0. The second kappa shape index (κ2) is 7.90. The van der Waals surface area contributed by atoms with Crippen molar-refractivity contribution in [3.63, 3.8) is 0 Å². The molecule has 3 aromatic rings. The van der Waals surface area contributed by atoms with Crippen molar-refractivity contribution < 1.29 is 9.84 Å². The molecule has 0 bridgehead atoms. The first kappa shape index (κ1) is 18.3. The number of fused-ring (bicyclic) bond motifs is 1. The van der Waals surface area contributed by atoms with E-state index in [1.165, 1.54) is 11.6 Å². The van der Waals surface area contributed by atoms with Crippen molar-refractivity contribution in [2.45, 2.75) is 26.1 Å². The molecule has 0 aliphatic carbocycles. The molecule has 4 rings (SSSR count). The van der Waals surface area contributed by atoms with Crippen LogP contribution < -0.4 is 10.3 Å². The van der Waals surface area contributed by atoms with Crippen LogP contribution in [0, 0.1) is 0 Å². The van der Waals surface area contributed by atoms with Gasteiger partial charge in [-0.1, -0.05) is 42.5 Å². The molecule has 0 saturated heterocycles. The predicted molar refractivity (Wildman–Crippen MR) is 109 cm³/mol. The van der Waals surface area contributed by atoms with Crippen LogP contribution in [0.3, 0.4) is 0 Å². The van der Waals surface area contributed by atoms with E-state index in [2.05, 4.69) is 17.0 Å². The zero-order valence-electron chi connectivity index (χ0n) is 16.0. The highest BCUT2D eigenvalue weighted by Gasteiger charge is 2.23. The summed E-state index contributed by atoms with van der Waals surface area (Å²) in [5.74, 6) is 0.906. The number of benzene rings is 2. The van der Waals surface area contributed by atoms with Gasteiger partial charge in [0.15, 0.2) is 0 Å². The third-order valence-electron chi connectivity index (χ3n) is 5.31. The summed E-state index contributed by atoms with van der Waals surface area (Å²) in [6, 6.07) is 19.4. The first-order valence-corrected chi connectivity index (χ1v) is 9.48. The Morgan fingerprint density at radius 1 is 1.00 bits per heavy atom. The van der Waals surface area contributed by atoms with Gasteiger partial charge >= 0.3 is 0 Å². The first-order valence-electron chi connectivity index (χ1n) is 9.48. The van der Waals surface area contributed by atoms with Crippen molar-refractivity contribution in [1.29, 1.82) is 0 Å². The van der Waals surface area contributed by atoms with Gasteiger partial charge in [0.1, 0.15) is 11.5 Å². The van der Waals surface area contributed by atoms with Crippen LogP contribution in [0.4, 0.5) is 0 Å². The number of hydrogen-bond donors (Lipinski definition) is 1. The van der Waals surface area contributed by atoms with Crippen molar-refractivity contribution in [2.75, 3.05) is 13.7 Å². The van der Waals surface area contributed by atoms with E-state index in [-0.39, 0.29) is 11.3 Å². The number of ether oxygens (including phenoxy) is 1. The Morgan fingerprint density at radius 2 is 1.71 bits per heavy atom. The number of rotatable bonds is 5. The molecule has 0 atom stereocenters. The molecule has 28 heavy (non-hydrogen) atoms. The lowest BCUT2D eigenvalue weighted by Gasteiger charge is -2.31. The summed E-state index contributed by atoms with van der Waals surface area (Å²) in [5.41, 5.74) is 3.89. The molecular weight excluding hydrogens is 352 g/mol. The fourth-order valence-corrected chi connectivity index (χ4v) is 3.80. The lowest BCUT2D eigenvalue weighted by molar-refractivity contribution is 0.233. The largest absolute Gasteiger partial charge is 0.507 e. The van der Waals surface area contributed by atoms with Crippen LogP contribution in [0.5, 0.6) is 11.5 Å². The monoisotopic (exact) mass is 376 g/mol. The molecule has 5 nitrogen and oxygen atoms in total. The summed E-state index contributed by atoms with van der Waals surface area (Å²) in [7, 11) is 1.64. The minimum absolute atomic E-state index is 0.116. The molecule has 144 valence electrons. The second-order valence-electron chi connectivity index (χ2n) is 7.17. The quantitative estimate of drug-likeness (QED) is 0.743. The normalized spacial score (nSPS) is 13.9. The third kappa shape index (κ3) is 3.80. The zero-order chi connectivity index (χ0) is 19.5. The van der Waals surface area contributed by atoms with Gasteiger partial charge in [-0.25, -0.2) is 0 Å². The lowest BCUT2D eigenvalue weighted by Crippen LogP contribution is -2.36. The standard InChI is InChI=1S/C23H24N2O3/c1-28-19-9-7-18(8-10-19)15-25-21-16-24(14-17-5-3-2-4-6-17)12-11-20(21)22(26)13-23(25)27/h2-10,13,26H,11-12,14-16H2,1H3. The molecule has 1 aromatic heterocycles. The minimum Gasteiger partial charge on any atom is -0.507 e. The van der Waals surface area contributed by atoms with E-state index in [0.717, 1.165) is 42.1 Å². The molecule has 2 heterocycles. The van der Waals surface area contributed by atoms with Crippen LogP contribution >= 0.6 is 0 Å². The topological polar surface area (TPSA) is 54.7 Å². The van der Waals surface area contributed by atoms with Gasteiger partial charge in [-0.05, 0) is 29.7 Å². The maximum Gasteiger partial charge on any atom is 0.254 e. The number of hydrogen-bond acceptors (Lipinski definition) is 4. The Labute approximate surface area is 164 Å². The summed E-state index contributed by atoms with van der Waals surface area (Å²) in [4.78, 5) is 15.0. The van der Waals surface area contributed by atoms with Crippen LogP contribution in [0.25, 0.3) is 0 Å². The van der Waals surface area contributed by atoms with Crippen molar-refractivity contribution in [3.8, 4) is 11.5 Å². The van der Waals surface area contributed by atoms with Gasteiger partial charge < -0.3 is 14.4 Å². The fourth-order valence-electron chi connectivity index (χ4n) is 3.80. The number of aromatic hydroxyl groups is 1. The van der Waals surface area contributed by atoms with Crippen LogP contribution in [0.15, 0.2) is 65.5 Å². The first-order chi connectivity index (χ1) is 13.6. The van der Waals surface area contributed by atoms with Crippen molar-refractivity contribution in [2.24, 2.45) is 0 Å². The van der Waals surface area contributed by atoms with E-state index >= 15 is 0 Å². The summed E-state index contributed by atoms with van der Waals surface area (Å²) < 4.78 is 7.00. The minimum atomic E-state index is -0.173. The molecule has 0 radical (unpaired) electrons. The Kier molecular flexibility index (Phi) is 5.17. The molecule has 5 heteroatoms. The molecule has 1 N–H and O–H groups in total. The van der Waals surface area contributed by atoms with Gasteiger partial charge in [0, 0.05) is 37.0 Å². The van der Waals surface area contributed by atoms with Crippen molar-refractivity contribution in [3.05, 3.63) is 93.4 Å². The van der Waals surface area contributed by atoms with Gasteiger partial charge in [0.05, 0.1) is 13.7 Å². The van der Waals surface area contributed by atoms with E-state index in [1.807, 2.05) is 42.5 Å². The number of nitrogens with zero attached hydrogens (tertiary/aromatic N) is 2. The molecule has 0 spiro atoms. The van der Waals surface area contributed by atoms with Crippen LogP contribution in [0.2, 0.25) is 0 Å². The highest BCUT2D eigenvalue weighted by molar-refractivity contribution is 5.38. The van der Waals surface area contributed by atoms with Gasteiger partial charge in [-0.2, -0.15) is 0 Å². The maximum absolute atomic E-state index is 12.7. The van der Waals surface area contributed by atoms with Gasteiger partial charge in [0.25, 0.3) is 5.56 Å². The predicted octanol–water partition coefficient (Wildman–Crippen LogP) is 3.17. The third-order valence-corrected chi connectivity index (χ3v) is 5.31. The van der Waals surface area contributed by atoms with Crippen molar-refractivity contribution in [1.82, 2.24) is 9.47 Å². The summed E-state index contributed by atoms with van der Waals surface area (Å²) in [6.07, 6.45) is 0.733. The summed E-state index contributed by atoms with van der Waals surface area (Å²) in [6.45, 7) is 2.80. The van der Waals surface area contributed by atoms with Crippen LogP contribution in [-0.2, 0) is 26.1 Å². The van der Waals surface area contributed by atoms with Crippen molar-refractivity contribution >= 4 is 0 Å². The molecular formula is C23H24N2O3. The summed E-state index contributed by atoms with van der Waals surface area (Å²) >= 11 is 0. The molecule has 0 unspecified atom stereocenters. The average molecular weight is 376 g/mol. The Balaban J connectivity index is 1.63. The number of methoxy groups -OCH3 is 1. The molecule has 1 aliphatic rings. The van der Waals surface area contributed by atoms with E-state index < -0.39 is 0 Å². The highest BCUT2D eigenvalue weighted by Crippen LogP contribution is 2.27. The Morgan fingerprint density at radius 3 is 2.43 bits per heavy atom. The van der Waals surface area contributed by atoms with Gasteiger partial charge in [-0.3, -0.25) is 9.69 Å². The Hall–Kier alpha value is -3.05. The maximum atomic E-state index is 12.7. The van der Waals surface area contributed by atoms with E-state index in [4.69, 9.17) is 4.74 Å². The Bertz CT molecular complexity index is 1010. The van der Waals surface area contributed by atoms with E-state index in [9.17, 15) is 9.90 Å². The van der Waals surface area contributed by atoms with Gasteiger partial charge in [0.2, 0.25) is 0 Å². The SMILES string of the molecule is COc1ccc(Cn2c3c(c(O)cc2=O)CCN(Cc2ccccc2)C3)cc1. The summed E-state index contributed by atoms with van der Waals surface area (Å²) in [5, 5.41) is 10.3. The average Bonchev–Trinajstić information content (AvgIpc) is 2.72. The second-order valence-corrected chi connectivity index (χ2v) is 7.17. The smallest absolute Gasteiger partial charge is 0.254 e. The molecule has 0 amide bonds. The number of aromatic nitrogens is 1. The van der Waals surface area contributed by atoms with Crippen LogP contribution in [-0.4, -0.2) is 28.2 Å². The lowest BCUT2D eigenvalue weighted by atomic mass is 10.0. The molecule has 2 aromatic carbocycles. The van der Waals surface area contributed by atoms with E-state index in [1.54, 1.807) is 11.7 Å². The molecule has 0 saturated carbocycles. The van der Waals surface area contributed by atoms with Crippen LogP contribution in [0.1, 0.15) is 22.4 Å².